The quantitative estimate of drug-likeness (QED) is 0.698. The Hall–Kier alpha value is -2.78. The summed E-state index contributed by atoms with van der Waals surface area (Å²) in [5.41, 5.74) is 1.49. The highest BCUT2D eigenvalue weighted by Gasteiger charge is 2.30. The van der Waals surface area contributed by atoms with Crippen molar-refractivity contribution in [3.8, 4) is 11.3 Å². The summed E-state index contributed by atoms with van der Waals surface area (Å²) < 4.78 is 0. The third-order valence-electron chi connectivity index (χ3n) is 3.23. The number of para-hydroxylation sites is 1. The zero-order valence-corrected chi connectivity index (χ0v) is 12.9. The van der Waals surface area contributed by atoms with E-state index in [1.807, 2.05) is 18.2 Å². The van der Waals surface area contributed by atoms with E-state index >= 15 is 0 Å². The molecule has 0 saturated heterocycles. The van der Waals surface area contributed by atoms with Crippen molar-refractivity contribution in [2.75, 3.05) is 0 Å². The lowest BCUT2D eigenvalue weighted by Gasteiger charge is -2.04. The fourth-order valence-corrected chi connectivity index (χ4v) is 2.31. The molecule has 0 amide bonds. The molecule has 108 valence electrons. The highest BCUT2D eigenvalue weighted by Crippen LogP contribution is 2.36. The summed E-state index contributed by atoms with van der Waals surface area (Å²) in [5, 5.41) is 19.2. The van der Waals surface area contributed by atoms with Gasteiger partial charge in [-0.3, -0.25) is 0 Å². The van der Waals surface area contributed by atoms with Crippen LogP contribution in [0.25, 0.3) is 27.1 Å². The van der Waals surface area contributed by atoms with Crippen molar-refractivity contribution in [3.63, 3.8) is 0 Å². The summed E-state index contributed by atoms with van der Waals surface area (Å²) in [6.45, 7) is 0. The van der Waals surface area contributed by atoms with E-state index in [0.717, 1.165) is 0 Å². The largest absolute Gasteiger partial charge is 1.00 e. The minimum Gasteiger partial charge on any atom is -1.00 e. The number of halogens is 1. The molecule has 1 N–H and O–H groups in total. The summed E-state index contributed by atoms with van der Waals surface area (Å²) in [7, 11) is 0. The summed E-state index contributed by atoms with van der Waals surface area (Å²) in [6.07, 6.45) is 0. The maximum absolute atomic E-state index is 11.6. The predicted octanol–water partition coefficient (Wildman–Crippen LogP) is 1.09. The SMILES string of the molecule is N#[N+]c1c(-c2ccccc2)nc2ccccc2c1C(=O)O.[Br-]. The Bertz CT molecular complexity index is 889. The molecular formula is C16H10BrN3O2. The van der Waals surface area contributed by atoms with Gasteiger partial charge in [-0.15, -0.1) is 0 Å². The molecule has 0 atom stereocenters. The van der Waals surface area contributed by atoms with Crippen LogP contribution in [-0.4, -0.2) is 16.1 Å². The lowest BCUT2D eigenvalue weighted by atomic mass is 10.0. The van der Waals surface area contributed by atoms with Crippen LogP contribution in [0.5, 0.6) is 0 Å². The van der Waals surface area contributed by atoms with Crippen LogP contribution in [0.15, 0.2) is 54.6 Å². The molecule has 22 heavy (non-hydrogen) atoms. The number of carboxylic acid groups (broad SMARTS) is 1. The molecule has 0 aliphatic carbocycles. The topological polar surface area (TPSA) is 78.3 Å². The van der Waals surface area contributed by atoms with Crippen molar-refractivity contribution in [3.05, 3.63) is 65.1 Å². The predicted molar refractivity (Wildman–Crippen MR) is 78.9 cm³/mol. The van der Waals surface area contributed by atoms with E-state index < -0.39 is 5.97 Å². The number of carboxylic acids is 1. The van der Waals surface area contributed by atoms with Gasteiger partial charge in [0.15, 0.2) is 16.2 Å². The van der Waals surface area contributed by atoms with Gasteiger partial charge in [-0.1, -0.05) is 48.5 Å². The number of diazo groups is 1. The van der Waals surface area contributed by atoms with E-state index in [4.69, 9.17) is 0 Å². The first-order chi connectivity index (χ1) is 10.2. The van der Waals surface area contributed by atoms with Crippen molar-refractivity contribution >= 4 is 22.6 Å². The third kappa shape index (κ3) is 2.54. The Morgan fingerprint density at radius 3 is 2.32 bits per heavy atom. The Balaban J connectivity index is 0.00000176. The molecule has 0 bridgehead atoms. The number of benzene rings is 2. The van der Waals surface area contributed by atoms with Crippen LogP contribution in [-0.2, 0) is 0 Å². The summed E-state index contributed by atoms with van der Waals surface area (Å²) in [4.78, 5) is 19.2. The second-order valence-electron chi connectivity index (χ2n) is 4.47. The molecule has 0 spiro atoms. The molecule has 0 aliphatic heterocycles. The summed E-state index contributed by atoms with van der Waals surface area (Å²) in [6, 6.07) is 15.9. The average molecular weight is 356 g/mol. The molecule has 6 heteroatoms. The van der Waals surface area contributed by atoms with Crippen LogP contribution in [0.3, 0.4) is 0 Å². The number of carbonyl (C=O) groups is 1. The van der Waals surface area contributed by atoms with Gasteiger partial charge in [0.25, 0.3) is 0 Å². The van der Waals surface area contributed by atoms with Gasteiger partial charge < -0.3 is 22.1 Å². The van der Waals surface area contributed by atoms with E-state index in [1.54, 1.807) is 36.4 Å². The van der Waals surface area contributed by atoms with Gasteiger partial charge in [0.05, 0.1) is 5.52 Å². The highest BCUT2D eigenvalue weighted by atomic mass is 79.9. The molecule has 1 heterocycles. The maximum Gasteiger partial charge on any atom is 0.426 e. The Morgan fingerprint density at radius 2 is 1.68 bits per heavy atom. The average Bonchev–Trinajstić information content (AvgIpc) is 2.53. The first-order valence-electron chi connectivity index (χ1n) is 6.29. The fraction of sp³-hybridized carbons (Fsp3) is 0. The number of hydrogen-bond donors (Lipinski definition) is 1. The number of nitrogens with zero attached hydrogens (tertiary/aromatic N) is 3. The maximum atomic E-state index is 11.6. The van der Waals surface area contributed by atoms with Crippen molar-refractivity contribution in [2.24, 2.45) is 0 Å². The zero-order valence-electron chi connectivity index (χ0n) is 11.3. The van der Waals surface area contributed by atoms with E-state index in [2.05, 4.69) is 9.96 Å². The number of aromatic nitrogens is 1. The van der Waals surface area contributed by atoms with E-state index in [0.29, 0.717) is 22.2 Å². The first-order valence-corrected chi connectivity index (χ1v) is 6.29. The number of rotatable bonds is 2. The molecule has 0 aliphatic rings. The Kier molecular flexibility index (Phi) is 4.49. The van der Waals surface area contributed by atoms with Gasteiger partial charge in [-0.05, 0) is 6.07 Å². The lowest BCUT2D eigenvalue weighted by Crippen LogP contribution is -3.00. The van der Waals surface area contributed by atoms with Gasteiger partial charge >= 0.3 is 11.7 Å². The van der Waals surface area contributed by atoms with Gasteiger partial charge in [-0.25, -0.2) is 9.78 Å². The standard InChI is InChI=1S/C16H9N3O2.BrH/c17-19-15-13(16(20)21)11-8-4-5-9-12(11)18-14(15)10-6-2-1-3-7-10;/h1-9H;1H. The number of aromatic carboxylic acids is 1. The van der Waals surface area contributed by atoms with Gasteiger partial charge in [0.1, 0.15) is 0 Å². The molecular weight excluding hydrogens is 346 g/mol. The lowest BCUT2D eigenvalue weighted by molar-refractivity contribution is -0.0000200. The molecule has 3 rings (SSSR count). The van der Waals surface area contributed by atoms with Crippen LogP contribution in [0.2, 0.25) is 0 Å². The zero-order chi connectivity index (χ0) is 14.8. The monoisotopic (exact) mass is 355 g/mol. The highest BCUT2D eigenvalue weighted by molar-refractivity contribution is 6.10. The molecule has 0 radical (unpaired) electrons. The number of fused-ring (bicyclic) bond motifs is 1. The van der Waals surface area contributed by atoms with Crippen LogP contribution in [0, 0.1) is 5.39 Å². The van der Waals surface area contributed by atoms with Crippen LogP contribution >= 0.6 is 0 Å². The van der Waals surface area contributed by atoms with E-state index in [1.165, 1.54) is 0 Å². The molecule has 0 saturated carbocycles. The van der Waals surface area contributed by atoms with E-state index in [-0.39, 0.29) is 28.2 Å². The molecule has 2 aromatic carbocycles. The normalized spacial score (nSPS) is 9.77. The van der Waals surface area contributed by atoms with Gasteiger partial charge in [0, 0.05) is 10.9 Å². The van der Waals surface area contributed by atoms with Crippen LogP contribution < -0.4 is 17.0 Å². The Morgan fingerprint density at radius 1 is 1.05 bits per heavy atom. The fourth-order valence-electron chi connectivity index (χ4n) is 2.31. The number of hydrogen-bond acceptors (Lipinski definition) is 3. The van der Waals surface area contributed by atoms with Crippen LogP contribution in [0.1, 0.15) is 10.4 Å². The molecule has 0 unspecified atom stereocenters. The molecule has 3 aromatic rings. The second-order valence-corrected chi connectivity index (χ2v) is 4.47. The summed E-state index contributed by atoms with van der Waals surface area (Å²) in [5.74, 6) is -1.15. The van der Waals surface area contributed by atoms with Crippen molar-refractivity contribution < 1.29 is 26.9 Å². The van der Waals surface area contributed by atoms with Crippen molar-refractivity contribution in [1.82, 2.24) is 4.98 Å². The second kappa shape index (κ2) is 6.33. The first kappa shape index (κ1) is 15.6. The third-order valence-corrected chi connectivity index (χ3v) is 3.23. The number of pyridine rings is 1. The molecule has 5 nitrogen and oxygen atoms in total. The van der Waals surface area contributed by atoms with E-state index in [9.17, 15) is 15.3 Å². The minimum atomic E-state index is -1.15. The molecule has 1 aromatic heterocycles. The Labute approximate surface area is 136 Å². The van der Waals surface area contributed by atoms with Gasteiger partial charge in [0.2, 0.25) is 5.39 Å². The smallest absolute Gasteiger partial charge is 0.426 e. The van der Waals surface area contributed by atoms with Crippen molar-refractivity contribution in [2.45, 2.75) is 0 Å². The summed E-state index contributed by atoms with van der Waals surface area (Å²) >= 11 is 0. The van der Waals surface area contributed by atoms with Gasteiger partial charge in [-0.2, -0.15) is 0 Å². The van der Waals surface area contributed by atoms with Crippen LogP contribution in [0.4, 0.5) is 5.69 Å². The minimum absolute atomic E-state index is 0. The molecule has 0 fully saturated rings. The van der Waals surface area contributed by atoms with Crippen molar-refractivity contribution in [1.29, 1.82) is 5.39 Å².